The third-order valence-electron chi connectivity index (χ3n) is 4.08. The van der Waals surface area contributed by atoms with Gasteiger partial charge in [-0.2, -0.15) is 18.3 Å². The Balaban J connectivity index is 1.80. The molecule has 3 rings (SSSR count). The molecule has 0 spiro atoms. The van der Waals surface area contributed by atoms with Crippen LogP contribution in [0.15, 0.2) is 23.0 Å². The van der Waals surface area contributed by atoms with Crippen LogP contribution in [-0.2, 0) is 10.3 Å². The molecule has 1 saturated heterocycles. The third-order valence-corrected chi connectivity index (χ3v) is 4.08. The first-order valence-electron chi connectivity index (χ1n) is 7.36. The molecule has 0 bridgehead atoms. The maximum atomic E-state index is 12.9. The molecule has 24 heavy (non-hydrogen) atoms. The standard InChI is InChI=1S/C14H19F3N6O/c1-8-9(5-23(22-8)12(2)6-24-7-12)20-11-19-4-10(14(15,16)17)13(3,18)21-11/h4-5H,6-7,18H2,1-3H3,(H2,19,20,21). The van der Waals surface area contributed by atoms with Gasteiger partial charge < -0.3 is 21.1 Å². The summed E-state index contributed by atoms with van der Waals surface area (Å²) in [6.07, 6.45) is -1.94. The highest BCUT2D eigenvalue weighted by Crippen LogP contribution is 2.34. The Bertz CT molecular complexity index is 715. The summed E-state index contributed by atoms with van der Waals surface area (Å²) >= 11 is 0. The molecule has 0 saturated carbocycles. The van der Waals surface area contributed by atoms with E-state index in [1.165, 1.54) is 6.92 Å². The fourth-order valence-electron chi connectivity index (χ4n) is 2.56. The minimum Gasteiger partial charge on any atom is -0.376 e. The lowest BCUT2D eigenvalue weighted by Crippen LogP contribution is -2.49. The first-order chi connectivity index (χ1) is 11.0. The van der Waals surface area contributed by atoms with E-state index in [2.05, 4.69) is 20.7 Å². The second-order valence-corrected chi connectivity index (χ2v) is 6.50. The van der Waals surface area contributed by atoms with Crippen LogP contribution in [-0.4, -0.2) is 40.8 Å². The smallest absolute Gasteiger partial charge is 0.376 e. The van der Waals surface area contributed by atoms with Crippen LogP contribution in [0.3, 0.4) is 0 Å². The van der Waals surface area contributed by atoms with Crippen LogP contribution < -0.4 is 16.4 Å². The van der Waals surface area contributed by atoms with Gasteiger partial charge in [-0.25, -0.2) is 4.99 Å². The Hall–Kier alpha value is -2.07. The highest BCUT2D eigenvalue weighted by atomic mass is 19.4. The van der Waals surface area contributed by atoms with Crippen LogP contribution >= 0.6 is 0 Å². The molecule has 132 valence electrons. The number of hydrogen-bond donors (Lipinski definition) is 3. The van der Waals surface area contributed by atoms with Crippen LogP contribution in [0.5, 0.6) is 0 Å². The number of aromatic nitrogens is 2. The van der Waals surface area contributed by atoms with Gasteiger partial charge in [-0.15, -0.1) is 0 Å². The molecule has 0 amide bonds. The first kappa shape index (κ1) is 16.8. The van der Waals surface area contributed by atoms with Gasteiger partial charge in [0.05, 0.1) is 30.2 Å². The van der Waals surface area contributed by atoms with Crippen molar-refractivity contribution in [1.82, 2.24) is 15.1 Å². The zero-order valence-electron chi connectivity index (χ0n) is 13.5. The maximum Gasteiger partial charge on any atom is 0.417 e. The number of anilines is 1. The normalized spacial score (nSPS) is 26.1. The Morgan fingerprint density at radius 3 is 2.54 bits per heavy atom. The van der Waals surface area contributed by atoms with Gasteiger partial charge in [0.1, 0.15) is 11.2 Å². The van der Waals surface area contributed by atoms with Crippen LogP contribution in [0.1, 0.15) is 19.5 Å². The van der Waals surface area contributed by atoms with Gasteiger partial charge in [-0.3, -0.25) is 4.68 Å². The number of aliphatic imine (C=N–C) groups is 1. The number of rotatable bonds is 2. The molecule has 4 N–H and O–H groups in total. The van der Waals surface area contributed by atoms with Gasteiger partial charge >= 0.3 is 6.18 Å². The van der Waals surface area contributed by atoms with Crippen molar-refractivity contribution in [1.29, 1.82) is 0 Å². The molecule has 0 radical (unpaired) electrons. The third kappa shape index (κ3) is 2.86. The Labute approximate surface area is 136 Å². The molecule has 1 atom stereocenters. The van der Waals surface area contributed by atoms with E-state index in [4.69, 9.17) is 10.5 Å². The van der Waals surface area contributed by atoms with E-state index in [0.717, 1.165) is 6.20 Å². The molecule has 1 fully saturated rings. The Morgan fingerprint density at radius 1 is 1.38 bits per heavy atom. The van der Waals surface area contributed by atoms with Crippen LogP contribution in [0, 0.1) is 6.92 Å². The summed E-state index contributed by atoms with van der Waals surface area (Å²) < 4.78 is 45.8. The van der Waals surface area contributed by atoms with Crippen LogP contribution in [0.25, 0.3) is 0 Å². The number of halogens is 3. The second-order valence-electron chi connectivity index (χ2n) is 6.50. The topological polar surface area (TPSA) is 89.5 Å². The lowest BCUT2D eigenvalue weighted by Gasteiger charge is -2.38. The van der Waals surface area contributed by atoms with Gasteiger partial charge in [0, 0.05) is 12.4 Å². The molecule has 0 aromatic carbocycles. The van der Waals surface area contributed by atoms with Crippen molar-refractivity contribution in [2.24, 2.45) is 10.7 Å². The number of nitrogens with one attached hydrogen (secondary N) is 2. The first-order valence-corrected chi connectivity index (χ1v) is 7.36. The quantitative estimate of drug-likeness (QED) is 0.755. The molecule has 3 heterocycles. The molecule has 1 aromatic heterocycles. The van der Waals surface area contributed by atoms with Crippen LogP contribution in [0.4, 0.5) is 18.9 Å². The van der Waals surface area contributed by atoms with Crippen molar-refractivity contribution in [3.8, 4) is 0 Å². The van der Waals surface area contributed by atoms with Crippen molar-refractivity contribution >= 4 is 11.6 Å². The summed E-state index contributed by atoms with van der Waals surface area (Å²) in [6, 6.07) is 0. The highest BCUT2D eigenvalue weighted by molar-refractivity contribution is 5.95. The predicted octanol–water partition coefficient (Wildman–Crippen LogP) is 1.43. The minimum absolute atomic E-state index is 0.130. The lowest BCUT2D eigenvalue weighted by atomic mass is 10.0. The van der Waals surface area contributed by atoms with Crippen molar-refractivity contribution in [2.45, 2.75) is 38.1 Å². The van der Waals surface area contributed by atoms with E-state index in [1.807, 2.05) is 6.92 Å². The lowest BCUT2D eigenvalue weighted by molar-refractivity contribution is -0.100. The van der Waals surface area contributed by atoms with E-state index < -0.39 is 17.4 Å². The molecule has 2 aliphatic heterocycles. The summed E-state index contributed by atoms with van der Waals surface area (Å²) in [5, 5.41) is 9.86. The monoisotopic (exact) mass is 344 g/mol. The summed E-state index contributed by atoms with van der Waals surface area (Å²) in [5.41, 5.74) is 4.01. The molecule has 1 unspecified atom stereocenters. The summed E-state index contributed by atoms with van der Waals surface area (Å²) in [5.74, 6) is 0.130. The van der Waals surface area contributed by atoms with Crippen molar-refractivity contribution in [2.75, 3.05) is 18.5 Å². The zero-order chi connectivity index (χ0) is 17.8. The van der Waals surface area contributed by atoms with E-state index in [0.29, 0.717) is 24.6 Å². The van der Waals surface area contributed by atoms with E-state index >= 15 is 0 Å². The van der Waals surface area contributed by atoms with E-state index in [9.17, 15) is 13.2 Å². The number of hydrogen-bond acceptors (Lipinski definition) is 6. The molecule has 1 aromatic rings. The predicted molar refractivity (Wildman–Crippen MR) is 82.4 cm³/mol. The summed E-state index contributed by atoms with van der Waals surface area (Å²) in [7, 11) is 0. The number of nitrogens with two attached hydrogens (primary N) is 1. The van der Waals surface area contributed by atoms with Crippen molar-refractivity contribution in [3.05, 3.63) is 23.7 Å². The largest absolute Gasteiger partial charge is 0.417 e. The van der Waals surface area contributed by atoms with Crippen LogP contribution in [0.2, 0.25) is 0 Å². The number of guanidine groups is 1. The summed E-state index contributed by atoms with van der Waals surface area (Å²) in [6.45, 7) is 6.14. The van der Waals surface area contributed by atoms with Crippen molar-refractivity contribution in [3.63, 3.8) is 0 Å². The molecule has 0 aliphatic carbocycles. The minimum atomic E-state index is -4.55. The maximum absolute atomic E-state index is 12.9. The number of aryl methyl sites for hydroxylation is 1. The SMILES string of the molecule is Cc1nn(C2(C)COC2)cc1NC1=NC(C)(N)C(C(F)(F)F)=CN1. The number of ether oxygens (including phenoxy) is 1. The van der Waals surface area contributed by atoms with Gasteiger partial charge in [0.25, 0.3) is 0 Å². The molecule has 7 nitrogen and oxygen atoms in total. The summed E-state index contributed by atoms with van der Waals surface area (Å²) in [4.78, 5) is 3.93. The average molecular weight is 344 g/mol. The van der Waals surface area contributed by atoms with Crippen molar-refractivity contribution < 1.29 is 17.9 Å². The Kier molecular flexibility index (Phi) is 3.64. The molecular weight excluding hydrogens is 325 g/mol. The van der Waals surface area contributed by atoms with Gasteiger partial charge in [0.15, 0.2) is 0 Å². The fraction of sp³-hybridized carbons (Fsp3) is 0.571. The molecule has 10 heteroatoms. The zero-order valence-corrected chi connectivity index (χ0v) is 13.5. The van der Waals surface area contributed by atoms with Gasteiger partial charge in [-0.05, 0) is 20.8 Å². The average Bonchev–Trinajstić information content (AvgIpc) is 2.75. The number of nitrogens with zero attached hydrogens (tertiary/aromatic N) is 3. The van der Waals surface area contributed by atoms with Gasteiger partial charge in [-0.1, -0.05) is 0 Å². The van der Waals surface area contributed by atoms with Gasteiger partial charge in [0.2, 0.25) is 5.96 Å². The van der Waals surface area contributed by atoms with E-state index in [1.54, 1.807) is 17.8 Å². The van der Waals surface area contributed by atoms with E-state index in [-0.39, 0.29) is 11.5 Å². The highest BCUT2D eigenvalue weighted by Gasteiger charge is 2.45. The molecule has 2 aliphatic rings. The number of alkyl halides is 3. The fourth-order valence-corrected chi connectivity index (χ4v) is 2.56. The second kappa shape index (κ2) is 5.21. The molecular formula is C14H19F3N6O. The Morgan fingerprint density at radius 2 is 2.04 bits per heavy atom.